The highest BCUT2D eigenvalue weighted by atomic mass is 16.6. The van der Waals surface area contributed by atoms with Gasteiger partial charge in [-0.3, -0.25) is 24.6 Å². The van der Waals surface area contributed by atoms with Gasteiger partial charge in [0.25, 0.3) is 0 Å². The van der Waals surface area contributed by atoms with Crippen LogP contribution in [-0.4, -0.2) is 35.7 Å². The lowest BCUT2D eigenvalue weighted by molar-refractivity contribution is -0.386. The fourth-order valence-electron chi connectivity index (χ4n) is 2.41. The van der Waals surface area contributed by atoms with Gasteiger partial charge in [0, 0.05) is 18.9 Å². The lowest BCUT2D eigenvalue weighted by Crippen LogP contribution is -2.23. The molecule has 0 fully saturated rings. The van der Waals surface area contributed by atoms with Gasteiger partial charge in [0.15, 0.2) is 5.82 Å². The molecule has 0 aliphatic carbocycles. The molecule has 0 bridgehead atoms. The molecule has 3 aromatic heterocycles. The van der Waals surface area contributed by atoms with Crippen LogP contribution >= 0.6 is 0 Å². The van der Waals surface area contributed by atoms with Gasteiger partial charge >= 0.3 is 17.5 Å². The predicted molar refractivity (Wildman–Crippen MR) is 87.2 cm³/mol. The molecule has 3 aromatic rings. The predicted octanol–water partition coefficient (Wildman–Crippen LogP) is 1.16. The SMILES string of the molecule is Cc1nn(Cc2noc(C(=O)NCc3cccnc3)n2)c(C)c1[N+](=O)[O-]. The summed E-state index contributed by atoms with van der Waals surface area (Å²) in [6.45, 7) is 3.46. The van der Waals surface area contributed by atoms with Gasteiger partial charge in [0.1, 0.15) is 17.9 Å². The zero-order valence-corrected chi connectivity index (χ0v) is 14.0. The van der Waals surface area contributed by atoms with Crippen molar-refractivity contribution < 1.29 is 14.2 Å². The third-order valence-corrected chi connectivity index (χ3v) is 3.66. The number of aromatic nitrogens is 5. The fourth-order valence-corrected chi connectivity index (χ4v) is 2.41. The number of rotatable bonds is 6. The van der Waals surface area contributed by atoms with Crippen molar-refractivity contribution >= 4 is 11.6 Å². The molecule has 0 radical (unpaired) electrons. The van der Waals surface area contributed by atoms with Crippen molar-refractivity contribution in [2.24, 2.45) is 0 Å². The van der Waals surface area contributed by atoms with E-state index in [1.165, 1.54) is 4.68 Å². The van der Waals surface area contributed by atoms with Gasteiger partial charge in [-0.2, -0.15) is 10.1 Å². The first kappa shape index (κ1) is 17.2. The summed E-state index contributed by atoms with van der Waals surface area (Å²) < 4.78 is 6.35. The van der Waals surface area contributed by atoms with Crippen molar-refractivity contribution in [1.82, 2.24) is 30.2 Å². The number of nitro groups is 1. The minimum absolute atomic E-state index is 0.0528. The van der Waals surface area contributed by atoms with Crippen molar-refractivity contribution in [3.8, 4) is 0 Å². The molecule has 0 aromatic carbocycles. The molecule has 3 heterocycles. The molecule has 11 heteroatoms. The van der Waals surface area contributed by atoms with E-state index in [0.717, 1.165) is 5.56 Å². The van der Waals surface area contributed by atoms with Crippen molar-refractivity contribution in [1.29, 1.82) is 0 Å². The largest absolute Gasteiger partial charge is 0.344 e. The first-order chi connectivity index (χ1) is 12.5. The zero-order valence-electron chi connectivity index (χ0n) is 14.0. The van der Waals surface area contributed by atoms with Crippen LogP contribution in [-0.2, 0) is 13.1 Å². The fraction of sp³-hybridized carbons (Fsp3) is 0.267. The normalized spacial score (nSPS) is 10.7. The summed E-state index contributed by atoms with van der Waals surface area (Å²) in [6, 6.07) is 3.59. The minimum Gasteiger partial charge on any atom is -0.344 e. The van der Waals surface area contributed by atoms with Crippen molar-refractivity contribution in [3.05, 3.63) is 63.3 Å². The quantitative estimate of drug-likeness (QED) is 0.511. The van der Waals surface area contributed by atoms with E-state index < -0.39 is 10.8 Å². The molecule has 11 nitrogen and oxygen atoms in total. The molecule has 0 saturated carbocycles. The van der Waals surface area contributed by atoms with Gasteiger partial charge in [-0.25, -0.2) is 0 Å². The smallest absolute Gasteiger partial charge is 0.316 e. The summed E-state index contributed by atoms with van der Waals surface area (Å²) in [6.07, 6.45) is 3.27. The zero-order chi connectivity index (χ0) is 18.7. The number of hydrogen-bond donors (Lipinski definition) is 1. The van der Waals surface area contributed by atoms with E-state index in [9.17, 15) is 14.9 Å². The van der Waals surface area contributed by atoms with Crippen LogP contribution in [0, 0.1) is 24.0 Å². The number of hydrogen-bond acceptors (Lipinski definition) is 8. The second kappa shape index (κ2) is 7.09. The Morgan fingerprint density at radius 1 is 1.42 bits per heavy atom. The average molecular weight is 357 g/mol. The van der Waals surface area contributed by atoms with E-state index >= 15 is 0 Å². The van der Waals surface area contributed by atoms with E-state index in [0.29, 0.717) is 11.4 Å². The number of amides is 1. The Morgan fingerprint density at radius 3 is 2.88 bits per heavy atom. The van der Waals surface area contributed by atoms with Gasteiger partial charge in [0.05, 0.1) is 4.92 Å². The molecule has 1 N–H and O–H groups in total. The number of nitrogens with one attached hydrogen (secondary N) is 1. The van der Waals surface area contributed by atoms with Crippen molar-refractivity contribution in [2.45, 2.75) is 26.9 Å². The summed E-state index contributed by atoms with van der Waals surface area (Å²) in [5.74, 6) is -0.524. The van der Waals surface area contributed by atoms with Crippen LogP contribution in [0.15, 0.2) is 29.0 Å². The van der Waals surface area contributed by atoms with Crippen LogP contribution in [0.5, 0.6) is 0 Å². The molecule has 0 saturated heterocycles. The highest BCUT2D eigenvalue weighted by Crippen LogP contribution is 2.22. The third kappa shape index (κ3) is 3.55. The number of pyridine rings is 1. The van der Waals surface area contributed by atoms with Crippen LogP contribution in [0.25, 0.3) is 0 Å². The topological polar surface area (TPSA) is 142 Å². The maximum absolute atomic E-state index is 12.1. The lowest BCUT2D eigenvalue weighted by Gasteiger charge is -2.01. The monoisotopic (exact) mass is 357 g/mol. The maximum atomic E-state index is 12.1. The van der Waals surface area contributed by atoms with Gasteiger partial charge in [-0.05, 0) is 25.5 Å². The van der Waals surface area contributed by atoms with E-state index in [2.05, 4.69) is 25.5 Å². The summed E-state index contributed by atoms with van der Waals surface area (Å²) in [5, 5.41) is 21.5. The Kier molecular flexibility index (Phi) is 4.69. The third-order valence-electron chi connectivity index (χ3n) is 3.66. The Hall–Kier alpha value is -3.63. The molecule has 1 amide bonds. The van der Waals surface area contributed by atoms with E-state index in [4.69, 9.17) is 4.52 Å². The Labute approximate surface area is 147 Å². The molecule has 134 valence electrons. The van der Waals surface area contributed by atoms with E-state index in [1.807, 2.05) is 6.07 Å². The molecule has 0 atom stereocenters. The molecule has 0 aliphatic rings. The Morgan fingerprint density at radius 2 is 2.23 bits per heavy atom. The van der Waals surface area contributed by atoms with E-state index in [1.54, 1.807) is 32.3 Å². The lowest BCUT2D eigenvalue weighted by atomic mass is 10.3. The van der Waals surface area contributed by atoms with Crippen LogP contribution < -0.4 is 5.32 Å². The number of aryl methyl sites for hydroxylation is 1. The van der Waals surface area contributed by atoms with Crippen molar-refractivity contribution in [2.75, 3.05) is 0 Å². The molecule has 0 spiro atoms. The first-order valence-corrected chi connectivity index (χ1v) is 7.63. The van der Waals surface area contributed by atoms with E-state index in [-0.39, 0.29) is 30.5 Å². The van der Waals surface area contributed by atoms with Crippen LogP contribution in [0.1, 0.15) is 33.5 Å². The minimum atomic E-state index is -0.521. The molecular formula is C15H15N7O4. The van der Waals surface area contributed by atoms with Gasteiger partial charge in [-0.15, -0.1) is 0 Å². The van der Waals surface area contributed by atoms with Crippen LogP contribution in [0.4, 0.5) is 5.69 Å². The number of nitrogens with zero attached hydrogens (tertiary/aromatic N) is 6. The first-order valence-electron chi connectivity index (χ1n) is 7.63. The van der Waals surface area contributed by atoms with Gasteiger partial charge in [0.2, 0.25) is 0 Å². The summed E-state index contributed by atoms with van der Waals surface area (Å²) in [5.41, 5.74) is 1.45. The summed E-state index contributed by atoms with van der Waals surface area (Å²) in [7, 11) is 0. The van der Waals surface area contributed by atoms with Gasteiger partial charge in [-0.1, -0.05) is 11.2 Å². The van der Waals surface area contributed by atoms with Crippen LogP contribution in [0.2, 0.25) is 0 Å². The molecular weight excluding hydrogens is 342 g/mol. The van der Waals surface area contributed by atoms with Crippen molar-refractivity contribution in [3.63, 3.8) is 0 Å². The number of carbonyl (C=O) groups excluding carboxylic acids is 1. The molecule has 0 unspecified atom stereocenters. The maximum Gasteiger partial charge on any atom is 0.316 e. The summed E-state index contributed by atoms with van der Waals surface area (Å²) in [4.78, 5) is 30.6. The highest BCUT2D eigenvalue weighted by Gasteiger charge is 2.23. The second-order valence-corrected chi connectivity index (χ2v) is 5.49. The average Bonchev–Trinajstić information content (AvgIpc) is 3.18. The standard InChI is InChI=1S/C15H15N7O4/c1-9-13(22(24)25)10(2)21(19-9)8-12-18-15(26-20-12)14(23)17-7-11-4-3-5-16-6-11/h3-6H,7-8H2,1-2H3,(H,17,23). The molecule has 26 heavy (non-hydrogen) atoms. The number of carbonyl (C=O) groups is 1. The Balaban J connectivity index is 1.67. The Bertz CT molecular complexity index is 948. The van der Waals surface area contributed by atoms with Gasteiger partial charge < -0.3 is 9.84 Å². The molecule has 0 aliphatic heterocycles. The highest BCUT2D eigenvalue weighted by molar-refractivity contribution is 5.89. The molecule has 3 rings (SSSR count). The summed E-state index contributed by atoms with van der Waals surface area (Å²) >= 11 is 0. The second-order valence-electron chi connectivity index (χ2n) is 5.49. The van der Waals surface area contributed by atoms with Crippen LogP contribution in [0.3, 0.4) is 0 Å².